The van der Waals surface area contributed by atoms with Gasteiger partial charge in [0.25, 0.3) is 5.91 Å². The number of carbonyl (C=O) groups excluding carboxylic acids is 1. The molecule has 0 atom stereocenters. The van der Waals surface area contributed by atoms with Crippen LogP contribution in [0, 0.1) is 6.92 Å². The molecule has 0 unspecified atom stereocenters. The summed E-state index contributed by atoms with van der Waals surface area (Å²) in [4.78, 5) is 14.6. The average Bonchev–Trinajstić information content (AvgIpc) is 3.16. The molecule has 0 saturated carbocycles. The predicted octanol–water partition coefficient (Wildman–Crippen LogP) is 3.43. The minimum atomic E-state index is -0.00728. The van der Waals surface area contributed by atoms with Gasteiger partial charge < -0.3 is 5.32 Å². The number of aryl methyl sites for hydroxylation is 2. The molecular weight excluding hydrogens is 306 g/mol. The molecule has 0 radical (unpaired) electrons. The molecule has 2 heterocycles. The smallest absolute Gasteiger partial charge is 0.251 e. The van der Waals surface area contributed by atoms with E-state index in [9.17, 15) is 4.79 Å². The minimum Gasteiger partial charge on any atom is -0.352 e. The van der Waals surface area contributed by atoms with Crippen molar-refractivity contribution in [3.63, 3.8) is 0 Å². The highest BCUT2D eigenvalue weighted by molar-refractivity contribution is 7.15. The zero-order valence-electron chi connectivity index (χ0n) is 13.2. The first-order chi connectivity index (χ1) is 11.1. The Morgan fingerprint density at radius 2 is 2.09 bits per heavy atom. The van der Waals surface area contributed by atoms with Crippen LogP contribution in [0.2, 0.25) is 0 Å². The summed E-state index contributed by atoms with van der Waals surface area (Å²) < 4.78 is 1.80. The van der Waals surface area contributed by atoms with Gasteiger partial charge in [0.1, 0.15) is 0 Å². The number of aromatic nitrogens is 2. The Hall–Kier alpha value is -2.40. The molecule has 0 saturated heterocycles. The third kappa shape index (κ3) is 3.68. The Labute approximate surface area is 139 Å². The third-order valence-electron chi connectivity index (χ3n) is 3.70. The molecule has 1 N–H and O–H groups in total. The summed E-state index contributed by atoms with van der Waals surface area (Å²) in [5.74, 6) is -0.00728. The molecule has 0 fully saturated rings. The first kappa shape index (κ1) is 15.5. The van der Waals surface area contributed by atoms with Gasteiger partial charge in [-0.15, -0.1) is 11.3 Å². The van der Waals surface area contributed by atoms with Gasteiger partial charge in [-0.1, -0.05) is 18.2 Å². The van der Waals surface area contributed by atoms with Crippen molar-refractivity contribution in [3.8, 4) is 10.4 Å². The zero-order valence-corrected chi connectivity index (χ0v) is 14.1. The standard InChI is InChI=1S/C18H19N3OS/c1-13-5-3-4-6-16(13)18(22)19-10-9-15-7-8-17(23-15)14-11-20-21(2)12-14/h3-8,11-12H,9-10H2,1-2H3,(H,19,22). The van der Waals surface area contributed by atoms with Crippen molar-refractivity contribution >= 4 is 17.2 Å². The second-order valence-corrected chi connectivity index (χ2v) is 6.66. The Bertz CT molecular complexity index is 819. The molecule has 4 nitrogen and oxygen atoms in total. The summed E-state index contributed by atoms with van der Waals surface area (Å²) in [5.41, 5.74) is 2.88. The van der Waals surface area contributed by atoms with Crippen LogP contribution in [-0.4, -0.2) is 22.2 Å². The van der Waals surface area contributed by atoms with Crippen LogP contribution in [0.1, 0.15) is 20.8 Å². The lowest BCUT2D eigenvalue weighted by atomic mass is 10.1. The molecule has 0 aliphatic heterocycles. The van der Waals surface area contributed by atoms with E-state index < -0.39 is 0 Å². The van der Waals surface area contributed by atoms with E-state index in [2.05, 4.69) is 22.5 Å². The van der Waals surface area contributed by atoms with Gasteiger partial charge >= 0.3 is 0 Å². The molecule has 3 aromatic rings. The molecular formula is C18H19N3OS. The van der Waals surface area contributed by atoms with Gasteiger partial charge in [0, 0.05) is 40.7 Å². The summed E-state index contributed by atoms with van der Waals surface area (Å²) in [5, 5.41) is 7.19. The SMILES string of the molecule is Cc1ccccc1C(=O)NCCc1ccc(-c2cnn(C)c2)s1. The number of benzene rings is 1. The van der Waals surface area contributed by atoms with Gasteiger partial charge in [-0.25, -0.2) is 0 Å². The third-order valence-corrected chi connectivity index (χ3v) is 4.89. The fourth-order valence-corrected chi connectivity index (χ4v) is 3.42. The van der Waals surface area contributed by atoms with Crippen LogP contribution < -0.4 is 5.32 Å². The van der Waals surface area contributed by atoms with Crippen molar-refractivity contribution in [2.24, 2.45) is 7.05 Å². The normalized spacial score (nSPS) is 10.7. The molecule has 0 spiro atoms. The van der Waals surface area contributed by atoms with E-state index >= 15 is 0 Å². The van der Waals surface area contributed by atoms with Gasteiger partial charge in [0.2, 0.25) is 0 Å². The number of hydrogen-bond acceptors (Lipinski definition) is 3. The second kappa shape index (κ2) is 6.79. The number of thiophene rings is 1. The molecule has 23 heavy (non-hydrogen) atoms. The van der Waals surface area contributed by atoms with Crippen molar-refractivity contribution in [1.82, 2.24) is 15.1 Å². The predicted molar refractivity (Wildman–Crippen MR) is 93.7 cm³/mol. The quantitative estimate of drug-likeness (QED) is 0.781. The maximum absolute atomic E-state index is 12.2. The fourth-order valence-electron chi connectivity index (χ4n) is 2.44. The summed E-state index contributed by atoms with van der Waals surface area (Å²) >= 11 is 1.75. The van der Waals surface area contributed by atoms with Gasteiger partial charge in [-0.05, 0) is 37.1 Å². The van der Waals surface area contributed by atoms with Crippen molar-refractivity contribution in [2.45, 2.75) is 13.3 Å². The Kier molecular flexibility index (Phi) is 4.57. The largest absolute Gasteiger partial charge is 0.352 e. The van der Waals surface area contributed by atoms with Crippen LogP contribution in [0.15, 0.2) is 48.8 Å². The van der Waals surface area contributed by atoms with Crippen LogP contribution in [-0.2, 0) is 13.5 Å². The number of hydrogen-bond donors (Lipinski definition) is 1. The number of rotatable bonds is 5. The zero-order chi connectivity index (χ0) is 16.2. The van der Waals surface area contributed by atoms with E-state index in [4.69, 9.17) is 0 Å². The molecule has 1 aromatic carbocycles. The Balaban J connectivity index is 1.56. The molecule has 0 aliphatic carbocycles. The van der Waals surface area contributed by atoms with E-state index in [0.29, 0.717) is 6.54 Å². The summed E-state index contributed by atoms with van der Waals surface area (Å²) in [7, 11) is 1.92. The summed E-state index contributed by atoms with van der Waals surface area (Å²) in [6.45, 7) is 2.59. The molecule has 0 aliphatic rings. The van der Waals surface area contributed by atoms with E-state index in [0.717, 1.165) is 23.1 Å². The van der Waals surface area contributed by atoms with Crippen molar-refractivity contribution in [1.29, 1.82) is 0 Å². The maximum atomic E-state index is 12.2. The van der Waals surface area contributed by atoms with Crippen LogP contribution in [0.5, 0.6) is 0 Å². The number of nitrogens with one attached hydrogen (secondary N) is 1. The summed E-state index contributed by atoms with van der Waals surface area (Å²) in [6.07, 6.45) is 4.72. The van der Waals surface area contributed by atoms with E-state index in [1.54, 1.807) is 16.0 Å². The van der Waals surface area contributed by atoms with Gasteiger partial charge in [-0.3, -0.25) is 9.48 Å². The van der Waals surface area contributed by atoms with Crippen molar-refractivity contribution < 1.29 is 4.79 Å². The lowest BCUT2D eigenvalue weighted by Crippen LogP contribution is -2.26. The maximum Gasteiger partial charge on any atom is 0.251 e. The van der Waals surface area contributed by atoms with Gasteiger partial charge in [0.15, 0.2) is 0 Å². The number of amides is 1. The van der Waals surface area contributed by atoms with Gasteiger partial charge in [0.05, 0.1) is 6.20 Å². The minimum absolute atomic E-state index is 0.00728. The van der Waals surface area contributed by atoms with Crippen LogP contribution in [0.3, 0.4) is 0 Å². The first-order valence-electron chi connectivity index (χ1n) is 7.55. The molecule has 3 rings (SSSR count). The first-order valence-corrected chi connectivity index (χ1v) is 8.36. The molecule has 1 amide bonds. The highest BCUT2D eigenvalue weighted by Crippen LogP contribution is 2.27. The number of carbonyl (C=O) groups is 1. The van der Waals surface area contributed by atoms with Crippen molar-refractivity contribution in [3.05, 3.63) is 64.8 Å². The average molecular weight is 325 g/mol. The van der Waals surface area contributed by atoms with Crippen LogP contribution >= 0.6 is 11.3 Å². The topological polar surface area (TPSA) is 46.9 Å². The molecule has 2 aromatic heterocycles. The lowest BCUT2D eigenvalue weighted by molar-refractivity contribution is 0.0953. The fraction of sp³-hybridized carbons (Fsp3) is 0.222. The monoisotopic (exact) mass is 325 g/mol. The lowest BCUT2D eigenvalue weighted by Gasteiger charge is -2.06. The second-order valence-electron chi connectivity index (χ2n) is 5.49. The molecule has 5 heteroatoms. The Morgan fingerprint density at radius 1 is 1.26 bits per heavy atom. The van der Waals surface area contributed by atoms with Crippen LogP contribution in [0.25, 0.3) is 10.4 Å². The van der Waals surface area contributed by atoms with E-state index in [1.165, 1.54) is 9.75 Å². The van der Waals surface area contributed by atoms with E-state index in [-0.39, 0.29) is 5.91 Å². The highest BCUT2D eigenvalue weighted by Gasteiger charge is 2.08. The van der Waals surface area contributed by atoms with Crippen LogP contribution in [0.4, 0.5) is 0 Å². The molecule has 118 valence electrons. The molecule has 0 bridgehead atoms. The van der Waals surface area contributed by atoms with Crippen molar-refractivity contribution in [2.75, 3.05) is 6.54 Å². The summed E-state index contributed by atoms with van der Waals surface area (Å²) in [6, 6.07) is 11.9. The van der Waals surface area contributed by atoms with Gasteiger partial charge in [-0.2, -0.15) is 5.10 Å². The van der Waals surface area contributed by atoms with E-state index in [1.807, 2.05) is 50.6 Å². The number of nitrogens with zero attached hydrogens (tertiary/aromatic N) is 2. The Morgan fingerprint density at radius 3 is 2.83 bits per heavy atom. The highest BCUT2D eigenvalue weighted by atomic mass is 32.1.